The second-order valence-electron chi connectivity index (χ2n) is 4.14. The van der Waals surface area contributed by atoms with Crippen LogP contribution in [0.2, 0.25) is 0 Å². The van der Waals surface area contributed by atoms with Crippen molar-refractivity contribution in [1.29, 1.82) is 0 Å². The van der Waals surface area contributed by atoms with E-state index < -0.39 is 0 Å². The predicted molar refractivity (Wildman–Crippen MR) is 69.6 cm³/mol. The highest BCUT2D eigenvalue weighted by Gasteiger charge is 2.20. The number of rotatable bonds is 3. The Kier molecular flexibility index (Phi) is 3.83. The van der Waals surface area contributed by atoms with E-state index in [0.717, 1.165) is 24.3 Å². The van der Waals surface area contributed by atoms with Crippen molar-refractivity contribution < 1.29 is 4.92 Å². The van der Waals surface area contributed by atoms with Crippen molar-refractivity contribution in [3.63, 3.8) is 0 Å². The van der Waals surface area contributed by atoms with Crippen LogP contribution in [0.3, 0.4) is 0 Å². The van der Waals surface area contributed by atoms with Crippen LogP contribution in [0.5, 0.6) is 0 Å². The number of nitrogens with zero attached hydrogens (tertiary/aromatic N) is 2. The fourth-order valence-corrected chi connectivity index (χ4v) is 2.92. The molecule has 1 fully saturated rings. The number of nitrogens with one attached hydrogen (secondary N) is 1. The Morgan fingerprint density at radius 3 is 3.06 bits per heavy atom. The maximum absolute atomic E-state index is 10.9. The number of pyridine rings is 1. The molecule has 1 aliphatic rings. The van der Waals surface area contributed by atoms with Crippen molar-refractivity contribution >= 4 is 23.3 Å². The molecule has 0 aromatic carbocycles. The van der Waals surface area contributed by atoms with Crippen LogP contribution in [-0.4, -0.2) is 27.5 Å². The number of aryl methyl sites for hydroxylation is 1. The number of thioether (sulfide) groups is 1. The average Bonchev–Trinajstić information content (AvgIpc) is 2.30. The van der Waals surface area contributed by atoms with Gasteiger partial charge in [0, 0.05) is 23.6 Å². The van der Waals surface area contributed by atoms with Crippen molar-refractivity contribution in [3.8, 4) is 0 Å². The fraction of sp³-hybridized carbons (Fsp3) is 0.545. The quantitative estimate of drug-likeness (QED) is 0.662. The minimum absolute atomic E-state index is 0.0613. The number of hydrogen-bond acceptors (Lipinski definition) is 5. The molecule has 1 saturated heterocycles. The highest BCUT2D eigenvalue weighted by atomic mass is 32.2. The first kappa shape index (κ1) is 12.2. The van der Waals surface area contributed by atoms with E-state index in [1.807, 2.05) is 18.7 Å². The Morgan fingerprint density at radius 1 is 1.59 bits per heavy atom. The zero-order valence-corrected chi connectivity index (χ0v) is 10.5. The first-order valence-corrected chi connectivity index (χ1v) is 6.78. The molecule has 1 aromatic heterocycles. The summed E-state index contributed by atoms with van der Waals surface area (Å²) >= 11 is 1.88. The van der Waals surface area contributed by atoms with E-state index in [1.165, 1.54) is 11.8 Å². The van der Waals surface area contributed by atoms with Crippen molar-refractivity contribution in [3.05, 3.63) is 27.9 Å². The monoisotopic (exact) mass is 253 g/mol. The van der Waals surface area contributed by atoms with E-state index in [0.29, 0.717) is 11.9 Å². The topological polar surface area (TPSA) is 68.1 Å². The summed E-state index contributed by atoms with van der Waals surface area (Å²) in [5.41, 5.74) is 0.854. The van der Waals surface area contributed by atoms with E-state index in [-0.39, 0.29) is 10.6 Å². The Labute approximate surface area is 104 Å². The molecule has 0 bridgehead atoms. The molecule has 1 atom stereocenters. The van der Waals surface area contributed by atoms with Crippen LogP contribution >= 0.6 is 11.8 Å². The summed E-state index contributed by atoms with van der Waals surface area (Å²) in [4.78, 5) is 14.7. The van der Waals surface area contributed by atoms with Gasteiger partial charge in [-0.3, -0.25) is 10.1 Å². The van der Waals surface area contributed by atoms with Gasteiger partial charge in [0.15, 0.2) is 0 Å². The van der Waals surface area contributed by atoms with Gasteiger partial charge in [-0.15, -0.1) is 0 Å². The van der Waals surface area contributed by atoms with Gasteiger partial charge < -0.3 is 5.32 Å². The zero-order valence-electron chi connectivity index (χ0n) is 9.68. The molecule has 2 heterocycles. The Morgan fingerprint density at radius 2 is 2.41 bits per heavy atom. The number of anilines is 1. The van der Waals surface area contributed by atoms with Crippen LogP contribution in [0, 0.1) is 17.0 Å². The molecule has 1 unspecified atom stereocenters. The lowest BCUT2D eigenvalue weighted by Crippen LogP contribution is -2.26. The van der Waals surface area contributed by atoms with Crippen LogP contribution in [0.1, 0.15) is 18.5 Å². The fourth-order valence-electron chi connectivity index (χ4n) is 1.85. The molecule has 1 aliphatic heterocycles. The second-order valence-corrected chi connectivity index (χ2v) is 5.29. The highest BCUT2D eigenvalue weighted by molar-refractivity contribution is 7.99. The molecule has 6 heteroatoms. The van der Waals surface area contributed by atoms with Gasteiger partial charge in [0.2, 0.25) is 5.82 Å². The maximum atomic E-state index is 10.9. The normalized spacial score (nSPS) is 19.9. The van der Waals surface area contributed by atoms with Gasteiger partial charge in [-0.1, -0.05) is 0 Å². The molecule has 1 N–H and O–H groups in total. The SMILES string of the molecule is Cc1ccc([N+](=O)[O-])c(NC2CCCSC2)n1. The molecule has 1 aromatic rings. The van der Waals surface area contributed by atoms with Crippen LogP contribution < -0.4 is 5.32 Å². The standard InChI is InChI=1S/C11H15N3O2S/c1-8-4-5-10(14(15)16)11(12-8)13-9-3-2-6-17-7-9/h4-5,9H,2-3,6-7H2,1H3,(H,12,13). The summed E-state index contributed by atoms with van der Waals surface area (Å²) < 4.78 is 0. The molecule has 0 amide bonds. The minimum Gasteiger partial charge on any atom is -0.361 e. The summed E-state index contributed by atoms with van der Waals surface area (Å²) in [6.45, 7) is 1.84. The third kappa shape index (κ3) is 3.09. The lowest BCUT2D eigenvalue weighted by atomic mass is 10.2. The average molecular weight is 253 g/mol. The minimum atomic E-state index is -0.384. The van der Waals surface area contributed by atoms with Crippen molar-refractivity contribution in [2.45, 2.75) is 25.8 Å². The van der Waals surface area contributed by atoms with E-state index >= 15 is 0 Å². The van der Waals surface area contributed by atoms with Gasteiger partial charge in [0.05, 0.1) is 4.92 Å². The predicted octanol–water partition coefficient (Wildman–Crippen LogP) is 2.61. The largest absolute Gasteiger partial charge is 0.361 e. The third-order valence-electron chi connectivity index (χ3n) is 2.71. The van der Waals surface area contributed by atoms with Gasteiger partial charge in [-0.05, 0) is 31.6 Å². The van der Waals surface area contributed by atoms with E-state index in [2.05, 4.69) is 10.3 Å². The first-order valence-electron chi connectivity index (χ1n) is 5.63. The van der Waals surface area contributed by atoms with Crippen molar-refractivity contribution in [2.75, 3.05) is 16.8 Å². The Balaban J connectivity index is 2.17. The lowest BCUT2D eigenvalue weighted by molar-refractivity contribution is -0.384. The molecule has 0 saturated carbocycles. The Bertz CT molecular complexity index is 419. The van der Waals surface area contributed by atoms with Crippen molar-refractivity contribution in [1.82, 2.24) is 4.98 Å². The molecular formula is C11H15N3O2S. The molecule has 92 valence electrons. The molecule has 0 radical (unpaired) electrons. The number of aromatic nitrogens is 1. The molecule has 17 heavy (non-hydrogen) atoms. The summed E-state index contributed by atoms with van der Waals surface area (Å²) in [6.07, 6.45) is 2.21. The lowest BCUT2D eigenvalue weighted by Gasteiger charge is -2.22. The third-order valence-corrected chi connectivity index (χ3v) is 3.93. The van der Waals surface area contributed by atoms with Crippen molar-refractivity contribution in [2.24, 2.45) is 0 Å². The summed E-state index contributed by atoms with van der Waals surface area (Å²) in [5.74, 6) is 2.58. The summed E-state index contributed by atoms with van der Waals surface area (Å²) in [6, 6.07) is 3.47. The highest BCUT2D eigenvalue weighted by Crippen LogP contribution is 2.26. The van der Waals surface area contributed by atoms with Gasteiger partial charge >= 0.3 is 5.69 Å². The van der Waals surface area contributed by atoms with E-state index in [9.17, 15) is 10.1 Å². The summed E-state index contributed by atoms with van der Waals surface area (Å²) in [7, 11) is 0. The molecule has 2 rings (SSSR count). The maximum Gasteiger partial charge on any atom is 0.311 e. The van der Waals surface area contributed by atoms with Gasteiger partial charge in [0.1, 0.15) is 0 Å². The zero-order chi connectivity index (χ0) is 12.3. The van der Waals surface area contributed by atoms with Crippen LogP contribution in [0.25, 0.3) is 0 Å². The number of nitro groups is 1. The molecular weight excluding hydrogens is 238 g/mol. The van der Waals surface area contributed by atoms with Gasteiger partial charge in [-0.25, -0.2) is 4.98 Å². The molecule has 0 spiro atoms. The molecule has 0 aliphatic carbocycles. The number of hydrogen-bond donors (Lipinski definition) is 1. The van der Waals surface area contributed by atoms with Crippen LogP contribution in [0.15, 0.2) is 12.1 Å². The second kappa shape index (κ2) is 5.35. The van der Waals surface area contributed by atoms with Crippen LogP contribution in [-0.2, 0) is 0 Å². The first-order chi connectivity index (χ1) is 8.16. The Hall–Kier alpha value is -1.30. The summed E-state index contributed by atoms with van der Waals surface area (Å²) in [5, 5.41) is 14.1. The molecule has 5 nitrogen and oxygen atoms in total. The van der Waals surface area contributed by atoms with E-state index in [4.69, 9.17) is 0 Å². The van der Waals surface area contributed by atoms with E-state index in [1.54, 1.807) is 6.07 Å². The smallest absolute Gasteiger partial charge is 0.311 e. The van der Waals surface area contributed by atoms with Gasteiger partial charge in [0.25, 0.3) is 0 Å². The van der Waals surface area contributed by atoms with Crippen LogP contribution in [0.4, 0.5) is 11.5 Å². The van der Waals surface area contributed by atoms with Gasteiger partial charge in [-0.2, -0.15) is 11.8 Å².